The lowest BCUT2D eigenvalue weighted by atomic mass is 10.0. The van der Waals surface area contributed by atoms with Crippen molar-refractivity contribution >= 4 is 11.3 Å². The summed E-state index contributed by atoms with van der Waals surface area (Å²) in [7, 11) is 3.65. The number of nitrogens with zero attached hydrogens (tertiary/aromatic N) is 1. The quantitative estimate of drug-likeness (QED) is 0.882. The molecule has 3 nitrogen and oxygen atoms in total. The van der Waals surface area contributed by atoms with Crippen LogP contribution in [-0.2, 0) is 13.0 Å². The van der Waals surface area contributed by atoms with Gasteiger partial charge in [0, 0.05) is 24.5 Å². The Balaban J connectivity index is 2.27. The first-order valence-electron chi connectivity index (χ1n) is 5.52. The lowest BCUT2D eigenvalue weighted by molar-refractivity contribution is 0.414. The summed E-state index contributed by atoms with van der Waals surface area (Å²) in [6.07, 6.45) is 2.71. The van der Waals surface area contributed by atoms with Gasteiger partial charge in [0.1, 0.15) is 5.75 Å². The Hall–Kier alpha value is -1.39. The number of aromatic nitrogens is 1. The maximum absolute atomic E-state index is 5.27. The number of thiazole rings is 1. The lowest BCUT2D eigenvalue weighted by Gasteiger charge is -2.10. The Labute approximate surface area is 105 Å². The lowest BCUT2D eigenvalue weighted by Crippen LogP contribution is -2.08. The van der Waals surface area contributed by atoms with E-state index in [1.54, 1.807) is 18.4 Å². The van der Waals surface area contributed by atoms with Gasteiger partial charge in [0.25, 0.3) is 0 Å². The van der Waals surface area contributed by atoms with E-state index in [2.05, 4.69) is 22.4 Å². The summed E-state index contributed by atoms with van der Waals surface area (Å²) >= 11 is 1.69. The molecule has 0 spiro atoms. The van der Waals surface area contributed by atoms with Crippen molar-refractivity contribution in [3.63, 3.8) is 0 Å². The molecule has 0 saturated heterocycles. The van der Waals surface area contributed by atoms with Crippen LogP contribution in [0.5, 0.6) is 5.75 Å². The van der Waals surface area contributed by atoms with Gasteiger partial charge in [-0.1, -0.05) is 6.07 Å². The van der Waals surface area contributed by atoms with Crippen LogP contribution < -0.4 is 10.1 Å². The second-order valence-corrected chi connectivity index (χ2v) is 4.75. The summed E-state index contributed by atoms with van der Waals surface area (Å²) in [5.74, 6) is 0.899. The molecule has 2 rings (SSSR count). The third kappa shape index (κ3) is 3.05. The van der Waals surface area contributed by atoms with Gasteiger partial charge in [-0.3, -0.25) is 0 Å². The second kappa shape index (κ2) is 5.80. The van der Waals surface area contributed by atoms with Crippen molar-refractivity contribution in [1.82, 2.24) is 10.3 Å². The highest BCUT2D eigenvalue weighted by Crippen LogP contribution is 2.21. The minimum atomic E-state index is 0.866. The van der Waals surface area contributed by atoms with Crippen LogP contribution >= 0.6 is 11.3 Å². The average Bonchev–Trinajstić information content (AvgIpc) is 2.84. The standard InChI is InChI=1S/C13H16N2OS/c1-14-9-10-3-4-12(16-2)7-11(10)8-13-15-5-6-17-13/h3-7,14H,8-9H2,1-2H3. The molecule has 0 aliphatic rings. The minimum Gasteiger partial charge on any atom is -0.497 e. The molecule has 0 aliphatic carbocycles. The molecular formula is C13H16N2OS. The Morgan fingerprint density at radius 1 is 1.35 bits per heavy atom. The van der Waals surface area contributed by atoms with E-state index in [-0.39, 0.29) is 0 Å². The monoisotopic (exact) mass is 248 g/mol. The van der Waals surface area contributed by atoms with E-state index < -0.39 is 0 Å². The first kappa shape index (κ1) is 12.1. The Morgan fingerprint density at radius 2 is 2.24 bits per heavy atom. The molecule has 1 N–H and O–H groups in total. The molecule has 90 valence electrons. The van der Waals surface area contributed by atoms with Crippen LogP contribution in [0.15, 0.2) is 29.8 Å². The predicted molar refractivity (Wildman–Crippen MR) is 70.7 cm³/mol. The Kier molecular flexibility index (Phi) is 4.12. The second-order valence-electron chi connectivity index (χ2n) is 3.77. The number of rotatable bonds is 5. The van der Waals surface area contributed by atoms with E-state index in [9.17, 15) is 0 Å². The van der Waals surface area contributed by atoms with Crippen LogP contribution in [-0.4, -0.2) is 19.1 Å². The van der Waals surface area contributed by atoms with Crippen LogP contribution in [0.25, 0.3) is 0 Å². The van der Waals surface area contributed by atoms with Crippen LogP contribution in [0, 0.1) is 0 Å². The topological polar surface area (TPSA) is 34.1 Å². The molecule has 1 heterocycles. The van der Waals surface area contributed by atoms with Gasteiger partial charge in [0.2, 0.25) is 0 Å². The smallest absolute Gasteiger partial charge is 0.119 e. The zero-order valence-electron chi connectivity index (χ0n) is 10.1. The molecule has 0 bridgehead atoms. The number of hydrogen-bond donors (Lipinski definition) is 1. The van der Waals surface area contributed by atoms with Gasteiger partial charge >= 0.3 is 0 Å². The zero-order valence-corrected chi connectivity index (χ0v) is 10.9. The molecule has 0 saturated carbocycles. The van der Waals surface area contributed by atoms with Gasteiger partial charge in [0.05, 0.1) is 12.1 Å². The normalized spacial score (nSPS) is 10.5. The van der Waals surface area contributed by atoms with E-state index in [1.807, 2.05) is 24.7 Å². The fourth-order valence-electron chi connectivity index (χ4n) is 1.76. The third-order valence-corrected chi connectivity index (χ3v) is 3.39. The molecule has 0 unspecified atom stereocenters. The molecular weight excluding hydrogens is 232 g/mol. The molecule has 4 heteroatoms. The van der Waals surface area contributed by atoms with E-state index in [4.69, 9.17) is 4.74 Å². The van der Waals surface area contributed by atoms with Crippen molar-refractivity contribution in [3.8, 4) is 5.75 Å². The highest BCUT2D eigenvalue weighted by Gasteiger charge is 2.06. The van der Waals surface area contributed by atoms with Gasteiger partial charge in [-0.2, -0.15) is 0 Å². The maximum atomic E-state index is 5.27. The Bertz CT molecular complexity index is 468. The number of nitrogens with one attached hydrogen (secondary N) is 1. The third-order valence-electron chi connectivity index (χ3n) is 2.61. The highest BCUT2D eigenvalue weighted by atomic mass is 32.1. The SMILES string of the molecule is CNCc1ccc(OC)cc1Cc1nccs1. The molecule has 17 heavy (non-hydrogen) atoms. The van der Waals surface area contributed by atoms with Crippen molar-refractivity contribution in [3.05, 3.63) is 45.9 Å². The first-order chi connectivity index (χ1) is 8.33. The molecule has 2 aromatic rings. The molecule has 0 aliphatic heterocycles. The summed E-state index contributed by atoms with van der Waals surface area (Å²) in [6, 6.07) is 6.20. The fraction of sp³-hybridized carbons (Fsp3) is 0.308. The summed E-state index contributed by atoms with van der Waals surface area (Å²) in [4.78, 5) is 4.33. The maximum Gasteiger partial charge on any atom is 0.119 e. The summed E-state index contributed by atoms with van der Waals surface area (Å²) in [5, 5.41) is 6.33. The van der Waals surface area contributed by atoms with Gasteiger partial charge in [-0.15, -0.1) is 11.3 Å². The summed E-state index contributed by atoms with van der Waals surface area (Å²) in [6.45, 7) is 0.866. The van der Waals surface area contributed by atoms with Crippen LogP contribution in [0.3, 0.4) is 0 Å². The average molecular weight is 248 g/mol. The van der Waals surface area contributed by atoms with Crippen molar-refractivity contribution in [2.75, 3.05) is 14.2 Å². The molecule has 0 atom stereocenters. The van der Waals surface area contributed by atoms with E-state index in [1.165, 1.54) is 11.1 Å². The van der Waals surface area contributed by atoms with Crippen molar-refractivity contribution in [2.24, 2.45) is 0 Å². The van der Waals surface area contributed by atoms with E-state index >= 15 is 0 Å². The Morgan fingerprint density at radius 3 is 2.88 bits per heavy atom. The fourth-order valence-corrected chi connectivity index (χ4v) is 2.40. The summed E-state index contributed by atoms with van der Waals surface area (Å²) < 4.78 is 5.27. The van der Waals surface area contributed by atoms with Crippen molar-refractivity contribution in [2.45, 2.75) is 13.0 Å². The van der Waals surface area contributed by atoms with E-state index in [0.29, 0.717) is 0 Å². The van der Waals surface area contributed by atoms with Gasteiger partial charge in [-0.05, 0) is 30.3 Å². The molecule has 0 amide bonds. The molecule has 1 aromatic heterocycles. The molecule has 0 radical (unpaired) electrons. The van der Waals surface area contributed by atoms with Gasteiger partial charge < -0.3 is 10.1 Å². The van der Waals surface area contributed by atoms with Crippen LogP contribution in [0.4, 0.5) is 0 Å². The van der Waals surface area contributed by atoms with Crippen LogP contribution in [0.1, 0.15) is 16.1 Å². The minimum absolute atomic E-state index is 0.866. The summed E-state index contributed by atoms with van der Waals surface area (Å²) in [5.41, 5.74) is 2.57. The van der Waals surface area contributed by atoms with Gasteiger partial charge in [0.15, 0.2) is 0 Å². The van der Waals surface area contributed by atoms with Crippen molar-refractivity contribution < 1.29 is 4.74 Å². The zero-order chi connectivity index (χ0) is 12.1. The van der Waals surface area contributed by atoms with E-state index in [0.717, 1.165) is 23.7 Å². The van der Waals surface area contributed by atoms with Gasteiger partial charge in [-0.25, -0.2) is 4.98 Å². The highest BCUT2D eigenvalue weighted by molar-refractivity contribution is 7.09. The number of methoxy groups -OCH3 is 1. The predicted octanol–water partition coefficient (Wildman–Crippen LogP) is 2.46. The number of benzene rings is 1. The molecule has 0 fully saturated rings. The van der Waals surface area contributed by atoms with Crippen LogP contribution in [0.2, 0.25) is 0 Å². The van der Waals surface area contributed by atoms with Crippen molar-refractivity contribution in [1.29, 1.82) is 0 Å². The largest absolute Gasteiger partial charge is 0.497 e. The molecule has 1 aromatic carbocycles. The first-order valence-corrected chi connectivity index (χ1v) is 6.40. The number of ether oxygens (including phenoxy) is 1. The number of hydrogen-bond acceptors (Lipinski definition) is 4.